The number of rotatable bonds is 11. The summed E-state index contributed by atoms with van der Waals surface area (Å²) in [5.74, 6) is -1.19. The van der Waals surface area contributed by atoms with Gasteiger partial charge in [0.25, 0.3) is 0 Å². The predicted octanol–water partition coefficient (Wildman–Crippen LogP) is 5.12. The van der Waals surface area contributed by atoms with E-state index < -0.39 is 23.3 Å². The Kier molecular flexibility index (Phi) is 8.53. The maximum absolute atomic E-state index is 17.0. The summed E-state index contributed by atoms with van der Waals surface area (Å²) in [6.45, 7) is 2.60. The number of anilines is 1. The van der Waals surface area contributed by atoms with Crippen LogP contribution in [0.2, 0.25) is 0 Å². The molecule has 2 unspecified atom stereocenters. The number of phenolic OH excluding ortho intramolecular Hbond substituents is 1. The second kappa shape index (κ2) is 12.7. The number of fused-ring (bicyclic) bond motifs is 4. The van der Waals surface area contributed by atoms with Gasteiger partial charge in [-0.2, -0.15) is 9.97 Å². The Morgan fingerprint density at radius 3 is 2.75 bits per heavy atom. The van der Waals surface area contributed by atoms with E-state index in [1.54, 1.807) is 18.9 Å². The van der Waals surface area contributed by atoms with Crippen LogP contribution in [0.15, 0.2) is 30.5 Å². The molecule has 0 spiro atoms. The zero-order valence-electron chi connectivity index (χ0n) is 27.0. The molecule has 2 bridgehead atoms. The molecule has 0 radical (unpaired) electrons. The Balaban J connectivity index is 1.38. The largest absolute Gasteiger partial charge is 0.508 e. The molecule has 2 aromatic heterocycles. The molecule has 3 aliphatic heterocycles. The van der Waals surface area contributed by atoms with Crippen LogP contribution >= 0.6 is 0 Å². The van der Waals surface area contributed by atoms with Crippen molar-refractivity contribution < 1.29 is 32.5 Å². The highest BCUT2D eigenvalue weighted by Crippen LogP contribution is 2.41. The minimum Gasteiger partial charge on any atom is -0.508 e. The number of aromatic nitrogens is 3. The first kappa shape index (κ1) is 32.3. The second-order valence-electron chi connectivity index (χ2n) is 13.7. The Morgan fingerprint density at radius 2 is 2.02 bits per heavy atom. The molecule has 3 saturated heterocycles. The maximum Gasteiger partial charge on any atom is 0.319 e. The highest BCUT2D eigenvalue weighted by molar-refractivity contribution is 6.01. The van der Waals surface area contributed by atoms with Crippen LogP contribution in [0.4, 0.5) is 19.0 Å². The average molecular weight is 665 g/mol. The third-order valence-electron chi connectivity index (χ3n) is 10.1. The minimum atomic E-state index is -1.30. The number of carbonyl (C=O) groups is 1. The average Bonchev–Trinajstić information content (AvgIpc) is 3.66. The number of aryl methyl sites for hydroxylation is 1. The molecule has 0 aliphatic carbocycles. The first-order chi connectivity index (χ1) is 23.1. The van der Waals surface area contributed by atoms with Crippen LogP contribution in [0.25, 0.3) is 32.9 Å². The van der Waals surface area contributed by atoms with Crippen LogP contribution < -0.4 is 20.3 Å². The summed E-state index contributed by atoms with van der Waals surface area (Å²) in [6.07, 6.45) is 5.60. The lowest BCUT2D eigenvalue weighted by atomic mass is 9.89. The molecule has 3 aliphatic rings. The van der Waals surface area contributed by atoms with Crippen molar-refractivity contribution in [3.05, 3.63) is 47.7 Å². The number of amides is 1. The van der Waals surface area contributed by atoms with Gasteiger partial charge in [-0.3, -0.25) is 9.78 Å². The number of halogens is 3. The Labute approximate surface area is 276 Å². The summed E-state index contributed by atoms with van der Waals surface area (Å²) in [6, 6.07) is 6.12. The van der Waals surface area contributed by atoms with E-state index >= 15 is 13.2 Å². The molecule has 4 aromatic rings. The summed E-state index contributed by atoms with van der Waals surface area (Å²) in [5, 5.41) is 18.2. The fourth-order valence-corrected chi connectivity index (χ4v) is 7.87. The van der Waals surface area contributed by atoms with Crippen molar-refractivity contribution in [1.82, 2.24) is 25.6 Å². The third kappa shape index (κ3) is 5.98. The number of piperidine rings is 1. The van der Waals surface area contributed by atoms with Crippen LogP contribution in [0.3, 0.4) is 0 Å². The monoisotopic (exact) mass is 664 g/mol. The standard InChI is InChI=1S/C35H39F3N6O4/c1-34(40-19-45)14-21(36)16-44(17-34)32-26-15-39-30(25-13-23(46)12-20-5-6-27(37)24(28(20)25)4-3-11-47-2)29(38)31(26)41-33(42-32)48-18-35-9-7-22(43-35)8-10-35/h5-6,12-13,15,19,21-22,43,46H,3-4,7-11,14,16-18H2,1-2H3,(H,40,45). The van der Waals surface area contributed by atoms with Crippen molar-refractivity contribution in [3.8, 4) is 23.0 Å². The van der Waals surface area contributed by atoms with Crippen molar-refractivity contribution in [3.63, 3.8) is 0 Å². The van der Waals surface area contributed by atoms with Crippen molar-refractivity contribution in [2.45, 2.75) is 75.2 Å². The van der Waals surface area contributed by atoms with Gasteiger partial charge < -0.3 is 30.1 Å². The summed E-state index contributed by atoms with van der Waals surface area (Å²) in [4.78, 5) is 26.8. The number of aromatic hydroxyl groups is 1. The smallest absolute Gasteiger partial charge is 0.319 e. The number of nitrogens with one attached hydrogen (secondary N) is 2. The van der Waals surface area contributed by atoms with Crippen LogP contribution in [0.5, 0.6) is 11.8 Å². The number of hydrogen-bond donors (Lipinski definition) is 3. The normalized spacial score (nSPS) is 25.2. The predicted molar refractivity (Wildman–Crippen MR) is 175 cm³/mol. The quantitative estimate of drug-likeness (QED) is 0.148. The van der Waals surface area contributed by atoms with Gasteiger partial charge in [-0.05, 0) is 80.0 Å². The highest BCUT2D eigenvalue weighted by Gasteiger charge is 2.45. The van der Waals surface area contributed by atoms with E-state index in [0.717, 1.165) is 25.7 Å². The van der Waals surface area contributed by atoms with Crippen LogP contribution in [0.1, 0.15) is 51.0 Å². The number of nitrogens with zero attached hydrogens (tertiary/aromatic N) is 4. The number of methoxy groups -OCH3 is 1. The minimum absolute atomic E-state index is 0.0421. The van der Waals surface area contributed by atoms with Gasteiger partial charge in [0.05, 0.1) is 23.0 Å². The first-order valence-corrected chi connectivity index (χ1v) is 16.4. The van der Waals surface area contributed by atoms with Crippen LogP contribution in [0, 0.1) is 11.6 Å². The Hall–Kier alpha value is -4.23. The van der Waals surface area contributed by atoms with Gasteiger partial charge >= 0.3 is 6.01 Å². The SMILES string of the molecule is COCCCc1c(F)ccc2cc(O)cc(-c3ncc4c(N5CC(F)CC(C)(NC=O)C5)nc(OCC56CCC(CC5)N6)nc4c3F)c12. The topological polar surface area (TPSA) is 122 Å². The van der Waals surface area contributed by atoms with Crippen molar-refractivity contribution in [2.24, 2.45) is 0 Å². The van der Waals surface area contributed by atoms with E-state index in [9.17, 15) is 9.90 Å². The molecular formula is C35H39F3N6O4. The van der Waals surface area contributed by atoms with E-state index in [2.05, 4.69) is 25.6 Å². The molecular weight excluding hydrogens is 625 g/mol. The fourth-order valence-electron chi connectivity index (χ4n) is 7.87. The van der Waals surface area contributed by atoms with Gasteiger partial charge in [0.1, 0.15) is 41.4 Å². The lowest BCUT2D eigenvalue weighted by molar-refractivity contribution is -0.111. The first-order valence-electron chi connectivity index (χ1n) is 16.4. The molecule has 0 saturated carbocycles. The van der Waals surface area contributed by atoms with Crippen molar-refractivity contribution in [2.75, 3.05) is 38.3 Å². The molecule has 48 heavy (non-hydrogen) atoms. The van der Waals surface area contributed by atoms with Gasteiger partial charge in [0.15, 0.2) is 5.82 Å². The van der Waals surface area contributed by atoms with E-state index in [-0.39, 0.29) is 71.4 Å². The number of alkyl halides is 1. The highest BCUT2D eigenvalue weighted by atomic mass is 19.1. The maximum atomic E-state index is 17.0. The van der Waals surface area contributed by atoms with Gasteiger partial charge in [0, 0.05) is 44.5 Å². The third-order valence-corrected chi connectivity index (χ3v) is 10.1. The molecule has 10 nitrogen and oxygen atoms in total. The molecule has 2 aromatic carbocycles. The van der Waals surface area contributed by atoms with Gasteiger partial charge in [-0.1, -0.05) is 6.07 Å². The summed E-state index contributed by atoms with van der Waals surface area (Å²) in [5.41, 5.74) is -0.803. The van der Waals surface area contributed by atoms with Crippen LogP contribution in [-0.4, -0.2) is 83.2 Å². The second-order valence-corrected chi connectivity index (χ2v) is 13.7. The molecule has 13 heteroatoms. The lowest BCUT2D eigenvalue weighted by Gasteiger charge is -2.42. The summed E-state index contributed by atoms with van der Waals surface area (Å²) < 4.78 is 58.8. The van der Waals surface area contributed by atoms with Gasteiger partial charge in [0.2, 0.25) is 6.41 Å². The lowest BCUT2D eigenvalue weighted by Crippen LogP contribution is -2.58. The molecule has 7 rings (SSSR count). The molecule has 3 N–H and O–H groups in total. The molecule has 254 valence electrons. The molecule has 5 heterocycles. The number of carbonyl (C=O) groups excluding carboxylic acids is 1. The van der Waals surface area contributed by atoms with E-state index in [0.29, 0.717) is 48.2 Å². The van der Waals surface area contributed by atoms with Crippen molar-refractivity contribution in [1.29, 1.82) is 0 Å². The zero-order chi connectivity index (χ0) is 33.6. The zero-order valence-corrected chi connectivity index (χ0v) is 27.0. The van der Waals surface area contributed by atoms with Gasteiger partial charge in [-0.25, -0.2) is 13.2 Å². The fraction of sp³-hybridized carbons (Fsp3) is 0.486. The number of benzene rings is 2. The van der Waals surface area contributed by atoms with E-state index in [4.69, 9.17) is 9.47 Å². The van der Waals surface area contributed by atoms with E-state index in [1.165, 1.54) is 30.5 Å². The van der Waals surface area contributed by atoms with E-state index in [1.807, 2.05) is 0 Å². The van der Waals surface area contributed by atoms with Crippen LogP contribution in [-0.2, 0) is 16.0 Å². The Bertz CT molecular complexity index is 1870. The molecule has 3 fully saturated rings. The number of pyridine rings is 1. The number of phenols is 1. The number of ether oxygens (including phenoxy) is 2. The molecule has 2 atom stereocenters. The Morgan fingerprint density at radius 1 is 1.21 bits per heavy atom. The molecule has 1 amide bonds. The van der Waals surface area contributed by atoms with Crippen molar-refractivity contribution >= 4 is 33.9 Å². The number of hydrogen-bond acceptors (Lipinski definition) is 9. The van der Waals surface area contributed by atoms with Gasteiger partial charge in [-0.15, -0.1) is 0 Å². The summed E-state index contributed by atoms with van der Waals surface area (Å²) >= 11 is 0. The summed E-state index contributed by atoms with van der Waals surface area (Å²) in [7, 11) is 1.57.